The molecule has 116 valence electrons. The predicted molar refractivity (Wildman–Crippen MR) is 77.8 cm³/mol. The van der Waals surface area contributed by atoms with Crippen LogP contribution >= 0.6 is 0 Å². The van der Waals surface area contributed by atoms with Crippen LogP contribution in [0.15, 0.2) is 35.1 Å². The highest BCUT2D eigenvalue weighted by Crippen LogP contribution is 2.26. The Bertz CT molecular complexity index is 668. The predicted octanol–water partition coefficient (Wildman–Crippen LogP) is 2.73. The number of carbonyl (C=O) groups excluding carboxylic acids is 1. The van der Waals surface area contributed by atoms with Crippen molar-refractivity contribution >= 4 is 5.91 Å². The van der Waals surface area contributed by atoms with Crippen molar-refractivity contribution in [2.24, 2.45) is 0 Å². The molecule has 1 fully saturated rings. The number of rotatable bonds is 2. The van der Waals surface area contributed by atoms with Crippen LogP contribution < -0.4 is 0 Å². The first-order valence-electron chi connectivity index (χ1n) is 7.20. The smallest absolute Gasteiger partial charge is 0.276 e. The minimum absolute atomic E-state index is 0.0288. The normalized spacial score (nSPS) is 21.9. The van der Waals surface area contributed by atoms with Crippen LogP contribution in [0.2, 0.25) is 0 Å². The maximum absolute atomic E-state index is 13.0. The highest BCUT2D eigenvalue weighted by molar-refractivity contribution is 5.97. The topological polar surface area (TPSA) is 55.6 Å². The number of ether oxygens (including phenoxy) is 1. The Morgan fingerprint density at radius 3 is 2.77 bits per heavy atom. The van der Waals surface area contributed by atoms with Crippen molar-refractivity contribution in [1.82, 2.24) is 9.88 Å². The second-order valence-corrected chi connectivity index (χ2v) is 5.35. The maximum atomic E-state index is 13.0. The number of halogens is 1. The highest BCUT2D eigenvalue weighted by atomic mass is 19.1. The zero-order valence-corrected chi connectivity index (χ0v) is 12.5. The molecule has 0 spiro atoms. The molecule has 0 saturated carbocycles. The molecule has 5 nitrogen and oxygen atoms in total. The monoisotopic (exact) mass is 304 g/mol. The van der Waals surface area contributed by atoms with Crippen molar-refractivity contribution in [3.8, 4) is 11.3 Å². The summed E-state index contributed by atoms with van der Waals surface area (Å²) < 4.78 is 23.9. The van der Waals surface area contributed by atoms with Gasteiger partial charge in [0.1, 0.15) is 5.82 Å². The Kier molecular flexibility index (Phi) is 3.94. The van der Waals surface area contributed by atoms with E-state index in [1.54, 1.807) is 17.0 Å². The number of hydrogen-bond donors (Lipinski definition) is 0. The molecule has 2 heterocycles. The Hall–Kier alpha value is -2.21. The number of hydrogen-bond acceptors (Lipinski definition) is 4. The summed E-state index contributed by atoms with van der Waals surface area (Å²) in [6.45, 7) is 4.90. The van der Waals surface area contributed by atoms with Gasteiger partial charge in [-0.3, -0.25) is 4.79 Å². The van der Waals surface area contributed by atoms with Gasteiger partial charge >= 0.3 is 0 Å². The zero-order chi connectivity index (χ0) is 15.7. The molecule has 0 bridgehead atoms. The van der Waals surface area contributed by atoms with Gasteiger partial charge in [-0.05, 0) is 38.1 Å². The Balaban J connectivity index is 1.91. The van der Waals surface area contributed by atoms with E-state index in [4.69, 9.17) is 9.15 Å². The third-order valence-electron chi connectivity index (χ3n) is 4.02. The number of amides is 1. The summed E-state index contributed by atoms with van der Waals surface area (Å²) in [7, 11) is 0. The van der Waals surface area contributed by atoms with Gasteiger partial charge in [-0.2, -0.15) is 0 Å². The molecule has 1 aliphatic rings. The van der Waals surface area contributed by atoms with Gasteiger partial charge in [-0.1, -0.05) is 0 Å². The lowest BCUT2D eigenvalue weighted by molar-refractivity contribution is -0.0442. The zero-order valence-electron chi connectivity index (χ0n) is 12.5. The van der Waals surface area contributed by atoms with Gasteiger partial charge in [-0.15, -0.1) is 0 Å². The second-order valence-electron chi connectivity index (χ2n) is 5.35. The molecule has 1 saturated heterocycles. The molecule has 1 aromatic heterocycles. The average molecular weight is 304 g/mol. The summed E-state index contributed by atoms with van der Waals surface area (Å²) >= 11 is 0. The van der Waals surface area contributed by atoms with E-state index >= 15 is 0 Å². The largest absolute Gasteiger partial charge is 0.443 e. The minimum Gasteiger partial charge on any atom is -0.443 e. The van der Waals surface area contributed by atoms with Crippen LogP contribution in [0.25, 0.3) is 11.3 Å². The minimum atomic E-state index is -0.341. The van der Waals surface area contributed by atoms with Gasteiger partial charge in [0.05, 0.1) is 18.8 Å². The van der Waals surface area contributed by atoms with Gasteiger partial charge < -0.3 is 14.1 Å². The summed E-state index contributed by atoms with van der Waals surface area (Å²) in [6.07, 6.45) is 1.21. The number of benzene rings is 1. The van der Waals surface area contributed by atoms with Crippen molar-refractivity contribution in [2.75, 3.05) is 13.2 Å². The fourth-order valence-corrected chi connectivity index (χ4v) is 2.56. The number of nitrogens with zero attached hydrogens (tertiary/aromatic N) is 2. The van der Waals surface area contributed by atoms with Gasteiger partial charge in [0.2, 0.25) is 0 Å². The van der Waals surface area contributed by atoms with Crippen LogP contribution in [0.1, 0.15) is 24.3 Å². The fourth-order valence-electron chi connectivity index (χ4n) is 2.56. The molecule has 2 aromatic rings. The standard InChI is InChI=1S/C16H17FN2O3/c1-10-11(2)21-8-7-19(10)16(20)14-15(22-9-18-14)12-3-5-13(17)6-4-12/h3-6,9-11H,7-8H2,1-2H3. The third-order valence-corrected chi connectivity index (χ3v) is 4.02. The second kappa shape index (κ2) is 5.88. The molecule has 1 aliphatic heterocycles. The van der Waals surface area contributed by atoms with E-state index in [1.165, 1.54) is 18.5 Å². The summed E-state index contributed by atoms with van der Waals surface area (Å²) in [6, 6.07) is 5.74. The lowest BCUT2D eigenvalue weighted by Gasteiger charge is -2.37. The molecule has 1 aromatic carbocycles. The van der Waals surface area contributed by atoms with Crippen LogP contribution in [0.3, 0.4) is 0 Å². The fraction of sp³-hybridized carbons (Fsp3) is 0.375. The van der Waals surface area contributed by atoms with Gasteiger partial charge in [0.15, 0.2) is 17.8 Å². The summed E-state index contributed by atoms with van der Waals surface area (Å²) in [5, 5.41) is 0. The number of aromatic nitrogens is 1. The lowest BCUT2D eigenvalue weighted by Crippen LogP contribution is -2.51. The van der Waals surface area contributed by atoms with E-state index in [0.29, 0.717) is 24.5 Å². The average Bonchev–Trinajstić information content (AvgIpc) is 2.99. The Morgan fingerprint density at radius 1 is 1.32 bits per heavy atom. The molecule has 6 heteroatoms. The molecule has 0 radical (unpaired) electrons. The van der Waals surface area contributed by atoms with Crippen LogP contribution in [0.5, 0.6) is 0 Å². The first-order chi connectivity index (χ1) is 10.6. The van der Waals surface area contributed by atoms with Gasteiger partial charge in [0, 0.05) is 12.1 Å². The van der Waals surface area contributed by atoms with E-state index in [2.05, 4.69) is 4.98 Å². The van der Waals surface area contributed by atoms with Crippen LogP contribution in [0, 0.1) is 5.82 Å². The molecule has 0 aliphatic carbocycles. The Labute approximate surface area is 127 Å². The van der Waals surface area contributed by atoms with E-state index in [0.717, 1.165) is 0 Å². The number of oxazole rings is 1. The van der Waals surface area contributed by atoms with Crippen molar-refractivity contribution in [1.29, 1.82) is 0 Å². The van der Waals surface area contributed by atoms with Crippen LogP contribution in [0.4, 0.5) is 4.39 Å². The van der Waals surface area contributed by atoms with Crippen LogP contribution in [-0.2, 0) is 4.74 Å². The van der Waals surface area contributed by atoms with E-state index in [1.807, 2.05) is 13.8 Å². The molecular formula is C16H17FN2O3. The van der Waals surface area contributed by atoms with Crippen LogP contribution in [-0.4, -0.2) is 41.1 Å². The maximum Gasteiger partial charge on any atom is 0.276 e. The van der Waals surface area contributed by atoms with Gasteiger partial charge in [0.25, 0.3) is 5.91 Å². The number of carbonyl (C=O) groups is 1. The van der Waals surface area contributed by atoms with E-state index in [-0.39, 0.29) is 29.6 Å². The van der Waals surface area contributed by atoms with E-state index in [9.17, 15) is 9.18 Å². The highest BCUT2D eigenvalue weighted by Gasteiger charge is 2.32. The van der Waals surface area contributed by atoms with Crippen molar-refractivity contribution in [2.45, 2.75) is 26.0 Å². The molecule has 1 amide bonds. The van der Waals surface area contributed by atoms with E-state index < -0.39 is 0 Å². The molecule has 0 N–H and O–H groups in total. The van der Waals surface area contributed by atoms with Gasteiger partial charge in [-0.25, -0.2) is 9.37 Å². The summed E-state index contributed by atoms with van der Waals surface area (Å²) in [4.78, 5) is 18.5. The van der Waals surface area contributed by atoms with Crippen molar-refractivity contribution in [3.05, 3.63) is 42.2 Å². The SMILES string of the molecule is CC1OCCN(C(=O)c2ncoc2-c2ccc(F)cc2)C1C. The first-order valence-corrected chi connectivity index (χ1v) is 7.20. The molecule has 2 unspecified atom stereocenters. The van der Waals surface area contributed by atoms with Crippen molar-refractivity contribution < 1.29 is 18.3 Å². The van der Waals surface area contributed by atoms with Crippen molar-refractivity contribution in [3.63, 3.8) is 0 Å². The molecule has 3 rings (SSSR count). The number of morpholine rings is 1. The molecule has 2 atom stereocenters. The summed E-state index contributed by atoms with van der Waals surface area (Å²) in [5.74, 6) is -0.182. The third kappa shape index (κ3) is 2.62. The summed E-state index contributed by atoms with van der Waals surface area (Å²) in [5.41, 5.74) is 0.865. The molecular weight excluding hydrogens is 287 g/mol. The quantitative estimate of drug-likeness (QED) is 0.856. The first kappa shape index (κ1) is 14.7. The lowest BCUT2D eigenvalue weighted by atomic mass is 10.1. The Morgan fingerprint density at radius 2 is 2.05 bits per heavy atom. The molecule has 22 heavy (non-hydrogen) atoms.